The first-order valence-corrected chi connectivity index (χ1v) is 5.79. The Balaban J connectivity index is 0.00000289. The maximum Gasteiger partial charge on any atom is 0.250 e. The molecule has 18 heavy (non-hydrogen) atoms. The number of anilines is 1. The lowest BCUT2D eigenvalue weighted by Crippen LogP contribution is -2.21. The quantitative estimate of drug-likeness (QED) is 0.850. The molecule has 1 rings (SSSR count). The maximum atomic E-state index is 11.5. The Hall–Kier alpha value is -1.33. The Bertz CT molecular complexity index is 443. The van der Waals surface area contributed by atoms with Crippen LogP contribution in [0.5, 0.6) is 0 Å². The molecule has 1 amide bonds. The average molecular weight is 274 g/mol. The van der Waals surface area contributed by atoms with E-state index in [9.17, 15) is 9.59 Å². The summed E-state index contributed by atoms with van der Waals surface area (Å²) in [4.78, 5) is 22.9. The van der Waals surface area contributed by atoms with Gasteiger partial charge in [0.15, 0.2) is 0 Å². The van der Waals surface area contributed by atoms with Crippen LogP contribution in [0.1, 0.15) is 26.7 Å². The summed E-state index contributed by atoms with van der Waals surface area (Å²) in [6.07, 6.45) is 2.69. The number of aryl methyl sites for hydroxylation is 1. The molecular weight excluding hydrogens is 254 g/mol. The Morgan fingerprint density at radius 1 is 1.50 bits per heavy atom. The highest BCUT2D eigenvalue weighted by Crippen LogP contribution is 2.05. The minimum Gasteiger partial charge on any atom is -0.328 e. The highest BCUT2D eigenvalue weighted by Gasteiger charge is 2.05. The fourth-order valence-electron chi connectivity index (χ4n) is 1.43. The van der Waals surface area contributed by atoms with E-state index < -0.39 is 0 Å². The van der Waals surface area contributed by atoms with Crippen molar-refractivity contribution < 1.29 is 4.79 Å². The van der Waals surface area contributed by atoms with Crippen LogP contribution in [0.3, 0.4) is 0 Å². The molecule has 0 aliphatic heterocycles. The summed E-state index contributed by atoms with van der Waals surface area (Å²) in [5, 5.41) is 2.74. The minimum atomic E-state index is -0.0800. The van der Waals surface area contributed by atoms with Gasteiger partial charge in [-0.05, 0) is 26.3 Å². The predicted molar refractivity (Wildman–Crippen MR) is 75.1 cm³/mol. The lowest BCUT2D eigenvalue weighted by Gasteiger charge is -2.08. The number of nitrogens with two attached hydrogens (primary N) is 1. The third-order valence-electron chi connectivity index (χ3n) is 2.43. The lowest BCUT2D eigenvalue weighted by molar-refractivity contribution is -0.116. The Labute approximate surface area is 113 Å². The molecule has 1 heterocycles. The lowest BCUT2D eigenvalue weighted by atomic mass is 10.2. The van der Waals surface area contributed by atoms with Crippen molar-refractivity contribution in [2.75, 3.05) is 5.32 Å². The summed E-state index contributed by atoms with van der Waals surface area (Å²) in [6.45, 7) is 4.33. The van der Waals surface area contributed by atoms with E-state index in [0.717, 1.165) is 0 Å². The van der Waals surface area contributed by atoms with E-state index in [1.165, 1.54) is 6.07 Å². The largest absolute Gasteiger partial charge is 0.328 e. The zero-order valence-electron chi connectivity index (χ0n) is 10.7. The molecule has 0 saturated heterocycles. The van der Waals surface area contributed by atoms with Crippen LogP contribution in [0.4, 0.5) is 5.69 Å². The van der Waals surface area contributed by atoms with Crippen LogP contribution in [0.2, 0.25) is 0 Å². The summed E-state index contributed by atoms with van der Waals surface area (Å²) in [7, 11) is 0. The smallest absolute Gasteiger partial charge is 0.250 e. The zero-order valence-corrected chi connectivity index (χ0v) is 11.5. The number of halogens is 1. The molecule has 3 N–H and O–H groups in total. The monoisotopic (exact) mass is 273 g/mol. The van der Waals surface area contributed by atoms with Gasteiger partial charge in [-0.3, -0.25) is 9.59 Å². The van der Waals surface area contributed by atoms with E-state index in [2.05, 4.69) is 5.32 Å². The van der Waals surface area contributed by atoms with Gasteiger partial charge in [-0.2, -0.15) is 0 Å². The van der Waals surface area contributed by atoms with Crippen LogP contribution in [-0.2, 0) is 11.3 Å². The van der Waals surface area contributed by atoms with Crippen molar-refractivity contribution in [3.05, 3.63) is 28.7 Å². The molecule has 0 radical (unpaired) electrons. The Kier molecular flexibility index (Phi) is 7.31. The number of rotatable bonds is 5. The van der Waals surface area contributed by atoms with E-state index in [-0.39, 0.29) is 29.9 Å². The minimum absolute atomic E-state index is 0. The van der Waals surface area contributed by atoms with Gasteiger partial charge in [0.25, 0.3) is 5.56 Å². The molecule has 102 valence electrons. The normalized spacial score (nSPS) is 11.5. The molecule has 6 heteroatoms. The molecule has 1 atom stereocenters. The standard InChI is InChI=1S/C12H19N3O2.ClH/c1-3-15-8-10(5-7-12(15)17)14-11(16)6-4-9(2)13;/h5,7-9H,3-4,6,13H2,1-2H3,(H,14,16);1H. The first-order chi connectivity index (χ1) is 8.02. The van der Waals surface area contributed by atoms with Crippen LogP contribution >= 0.6 is 12.4 Å². The van der Waals surface area contributed by atoms with Crippen LogP contribution in [-0.4, -0.2) is 16.5 Å². The number of pyridine rings is 1. The summed E-state index contributed by atoms with van der Waals surface area (Å²) >= 11 is 0. The summed E-state index contributed by atoms with van der Waals surface area (Å²) < 4.78 is 1.54. The third-order valence-corrected chi connectivity index (χ3v) is 2.43. The number of nitrogens with one attached hydrogen (secondary N) is 1. The number of aromatic nitrogens is 1. The second kappa shape index (κ2) is 7.89. The van der Waals surface area contributed by atoms with Gasteiger partial charge < -0.3 is 15.6 Å². The van der Waals surface area contributed by atoms with E-state index in [4.69, 9.17) is 5.73 Å². The van der Waals surface area contributed by atoms with Crippen molar-refractivity contribution in [2.24, 2.45) is 5.73 Å². The molecule has 0 aromatic carbocycles. The van der Waals surface area contributed by atoms with E-state index >= 15 is 0 Å². The number of hydrogen-bond acceptors (Lipinski definition) is 3. The maximum absolute atomic E-state index is 11.5. The van der Waals surface area contributed by atoms with Gasteiger partial charge in [0.2, 0.25) is 5.91 Å². The van der Waals surface area contributed by atoms with Gasteiger partial charge in [0.1, 0.15) is 0 Å². The van der Waals surface area contributed by atoms with E-state index in [0.29, 0.717) is 25.1 Å². The number of hydrogen-bond donors (Lipinski definition) is 2. The molecule has 1 aromatic rings. The van der Waals surface area contributed by atoms with Crippen LogP contribution in [0.15, 0.2) is 23.1 Å². The van der Waals surface area contributed by atoms with Gasteiger partial charge >= 0.3 is 0 Å². The molecule has 1 unspecified atom stereocenters. The first-order valence-electron chi connectivity index (χ1n) is 5.79. The highest BCUT2D eigenvalue weighted by atomic mass is 35.5. The number of carbonyl (C=O) groups is 1. The second-order valence-electron chi connectivity index (χ2n) is 4.11. The van der Waals surface area contributed by atoms with Gasteiger partial charge in [-0.15, -0.1) is 12.4 Å². The van der Waals surface area contributed by atoms with Crippen molar-refractivity contribution in [3.8, 4) is 0 Å². The predicted octanol–water partition coefficient (Wildman–Crippen LogP) is 1.36. The number of nitrogens with zero attached hydrogens (tertiary/aromatic N) is 1. The fraction of sp³-hybridized carbons (Fsp3) is 0.500. The number of amides is 1. The van der Waals surface area contributed by atoms with E-state index in [1.807, 2.05) is 13.8 Å². The van der Waals surface area contributed by atoms with E-state index in [1.54, 1.807) is 16.8 Å². The SMILES string of the molecule is CCn1cc(NC(=O)CCC(C)N)ccc1=O.Cl. The fourth-order valence-corrected chi connectivity index (χ4v) is 1.43. The molecular formula is C12H20ClN3O2. The van der Waals surface area contributed by atoms with Gasteiger partial charge in [0.05, 0.1) is 5.69 Å². The summed E-state index contributed by atoms with van der Waals surface area (Å²) in [6, 6.07) is 3.08. The summed E-state index contributed by atoms with van der Waals surface area (Å²) in [5.41, 5.74) is 6.15. The summed E-state index contributed by atoms with van der Waals surface area (Å²) in [5.74, 6) is -0.0800. The molecule has 1 aromatic heterocycles. The molecule has 0 fully saturated rings. The second-order valence-corrected chi connectivity index (χ2v) is 4.11. The Morgan fingerprint density at radius 2 is 2.17 bits per heavy atom. The number of carbonyl (C=O) groups excluding carboxylic acids is 1. The molecule has 0 saturated carbocycles. The van der Waals surface area contributed by atoms with Crippen LogP contribution < -0.4 is 16.6 Å². The van der Waals surface area contributed by atoms with Crippen molar-refractivity contribution in [1.29, 1.82) is 0 Å². The van der Waals surface area contributed by atoms with Crippen molar-refractivity contribution >= 4 is 24.0 Å². The van der Waals surface area contributed by atoms with Gasteiger partial charge in [-0.25, -0.2) is 0 Å². The highest BCUT2D eigenvalue weighted by molar-refractivity contribution is 5.90. The van der Waals surface area contributed by atoms with Crippen LogP contribution in [0.25, 0.3) is 0 Å². The van der Waals surface area contributed by atoms with Crippen LogP contribution in [0, 0.1) is 0 Å². The molecule has 5 nitrogen and oxygen atoms in total. The zero-order chi connectivity index (χ0) is 12.8. The van der Waals surface area contributed by atoms with Gasteiger partial charge in [0, 0.05) is 31.3 Å². The molecule has 0 spiro atoms. The topological polar surface area (TPSA) is 77.1 Å². The van der Waals surface area contributed by atoms with Crippen molar-refractivity contribution in [3.63, 3.8) is 0 Å². The van der Waals surface area contributed by atoms with Crippen molar-refractivity contribution in [2.45, 2.75) is 39.3 Å². The third kappa shape index (κ3) is 5.33. The molecule has 0 bridgehead atoms. The van der Waals surface area contributed by atoms with Crippen molar-refractivity contribution in [1.82, 2.24) is 4.57 Å². The molecule has 0 aliphatic carbocycles. The Morgan fingerprint density at radius 3 is 2.72 bits per heavy atom. The molecule has 0 aliphatic rings. The first kappa shape index (κ1) is 16.7. The van der Waals surface area contributed by atoms with Gasteiger partial charge in [-0.1, -0.05) is 0 Å². The average Bonchev–Trinajstić information content (AvgIpc) is 2.29.